The lowest BCUT2D eigenvalue weighted by molar-refractivity contribution is 0.455. The minimum atomic E-state index is -1.23. The Kier molecular flexibility index (Phi) is 2.56. The largest absolute Gasteiger partial charge is 0.336 e. The molecule has 1 N–H and O–H groups in total. The van der Waals surface area contributed by atoms with Gasteiger partial charge in [-0.2, -0.15) is 29.0 Å². The van der Waals surface area contributed by atoms with Crippen molar-refractivity contribution in [2.75, 3.05) is 5.32 Å². The fourth-order valence-corrected chi connectivity index (χ4v) is 0.689. The van der Waals surface area contributed by atoms with Crippen molar-refractivity contribution in [2.24, 2.45) is 0 Å². The zero-order valence-electron chi connectivity index (χ0n) is 7.54. The van der Waals surface area contributed by atoms with Crippen molar-refractivity contribution in [3.8, 4) is 6.07 Å². The van der Waals surface area contributed by atoms with E-state index in [0.29, 0.717) is 0 Å². The molecule has 0 spiro atoms. The highest BCUT2D eigenvalue weighted by Crippen LogP contribution is 2.09. The molecule has 1 aromatic heterocycles. The minimum Gasteiger partial charge on any atom is -0.336 e. The molecular formula is C7H7F2N5. The zero-order chi connectivity index (χ0) is 10.8. The number of rotatable bonds is 2. The van der Waals surface area contributed by atoms with Gasteiger partial charge >= 0.3 is 12.2 Å². The quantitative estimate of drug-likeness (QED) is 0.764. The van der Waals surface area contributed by atoms with Crippen LogP contribution in [0.5, 0.6) is 0 Å². The molecule has 0 radical (unpaired) electrons. The smallest absolute Gasteiger partial charge is 0.315 e. The van der Waals surface area contributed by atoms with Crippen molar-refractivity contribution < 1.29 is 8.78 Å². The first kappa shape index (κ1) is 10.2. The lowest BCUT2D eigenvalue weighted by atomic mass is 10.1. The zero-order valence-corrected chi connectivity index (χ0v) is 7.54. The molecule has 74 valence electrons. The van der Waals surface area contributed by atoms with Gasteiger partial charge in [0.25, 0.3) is 0 Å². The highest BCUT2D eigenvalue weighted by Gasteiger charge is 2.18. The fraction of sp³-hybridized carbons (Fsp3) is 0.429. The van der Waals surface area contributed by atoms with Crippen molar-refractivity contribution >= 4 is 5.95 Å². The summed E-state index contributed by atoms with van der Waals surface area (Å²) in [4.78, 5) is 9.06. The maximum absolute atomic E-state index is 12.5. The summed E-state index contributed by atoms with van der Waals surface area (Å²) in [6, 6.07) is 1.87. The Morgan fingerprint density at radius 1 is 1.21 bits per heavy atom. The standard InChI is InChI=1S/C7H7F2N5/c1-7(2,3-10)14-6-12-4(8)11-5(9)13-6/h1-2H3,(H,11,12,13,14). The number of hydrogen-bond acceptors (Lipinski definition) is 5. The lowest BCUT2D eigenvalue weighted by Gasteiger charge is -2.16. The molecule has 0 atom stereocenters. The van der Waals surface area contributed by atoms with Crippen LogP contribution in [-0.2, 0) is 0 Å². The summed E-state index contributed by atoms with van der Waals surface area (Å²) in [6.45, 7) is 3.04. The topological polar surface area (TPSA) is 74.5 Å². The maximum atomic E-state index is 12.5. The van der Waals surface area contributed by atoms with Crippen molar-refractivity contribution in [3.63, 3.8) is 0 Å². The third-order valence-corrected chi connectivity index (χ3v) is 1.28. The van der Waals surface area contributed by atoms with Crippen LogP contribution in [0.4, 0.5) is 14.7 Å². The van der Waals surface area contributed by atoms with Crippen molar-refractivity contribution in [1.29, 1.82) is 5.26 Å². The van der Waals surface area contributed by atoms with Gasteiger partial charge in [0.1, 0.15) is 5.54 Å². The molecule has 0 aliphatic carbocycles. The summed E-state index contributed by atoms with van der Waals surface area (Å²) in [5.41, 5.74) is -1.000. The predicted octanol–water partition coefficient (Wildman–Crippen LogP) is 0.864. The van der Waals surface area contributed by atoms with E-state index in [2.05, 4.69) is 20.3 Å². The second-order valence-electron chi connectivity index (χ2n) is 3.06. The second-order valence-corrected chi connectivity index (χ2v) is 3.06. The molecule has 14 heavy (non-hydrogen) atoms. The highest BCUT2D eigenvalue weighted by molar-refractivity contribution is 5.30. The molecule has 0 fully saturated rings. The third kappa shape index (κ3) is 2.58. The first-order valence-corrected chi connectivity index (χ1v) is 3.69. The summed E-state index contributed by atoms with van der Waals surface area (Å²) in [5.74, 6) is -0.304. The first-order valence-electron chi connectivity index (χ1n) is 3.69. The molecule has 0 unspecified atom stereocenters. The average Bonchev–Trinajstić information content (AvgIpc) is 2.01. The number of nitrogens with one attached hydrogen (secondary N) is 1. The van der Waals surface area contributed by atoms with E-state index >= 15 is 0 Å². The lowest BCUT2D eigenvalue weighted by Crippen LogP contribution is -2.30. The minimum absolute atomic E-state index is 0.304. The van der Waals surface area contributed by atoms with E-state index in [4.69, 9.17) is 5.26 Å². The number of aromatic nitrogens is 3. The number of nitriles is 1. The van der Waals surface area contributed by atoms with E-state index in [0.717, 1.165) is 0 Å². The Hall–Kier alpha value is -1.84. The van der Waals surface area contributed by atoms with E-state index < -0.39 is 17.7 Å². The Bertz CT molecular complexity index is 364. The molecule has 0 bridgehead atoms. The molecule has 1 heterocycles. The Morgan fingerprint density at radius 2 is 1.71 bits per heavy atom. The monoisotopic (exact) mass is 199 g/mol. The Balaban J connectivity index is 2.94. The molecule has 1 aromatic rings. The SMILES string of the molecule is CC(C)(C#N)Nc1nc(F)nc(F)n1. The van der Waals surface area contributed by atoms with Crippen LogP contribution >= 0.6 is 0 Å². The molecule has 7 heteroatoms. The summed E-state index contributed by atoms with van der Waals surface area (Å²) in [6.07, 6.45) is -2.46. The number of halogens is 2. The van der Waals surface area contributed by atoms with Crippen LogP contribution in [0, 0.1) is 23.5 Å². The molecule has 0 aromatic carbocycles. The number of nitrogens with zero attached hydrogens (tertiary/aromatic N) is 4. The van der Waals surface area contributed by atoms with Gasteiger partial charge in [0, 0.05) is 0 Å². The van der Waals surface area contributed by atoms with Gasteiger partial charge in [-0.25, -0.2) is 0 Å². The molecule has 0 aliphatic heterocycles. The summed E-state index contributed by atoms with van der Waals surface area (Å²) in [5, 5.41) is 11.1. The summed E-state index contributed by atoms with van der Waals surface area (Å²) < 4.78 is 25.0. The van der Waals surface area contributed by atoms with Crippen molar-refractivity contribution in [3.05, 3.63) is 12.2 Å². The van der Waals surface area contributed by atoms with Gasteiger partial charge in [-0.3, -0.25) is 0 Å². The van der Waals surface area contributed by atoms with Gasteiger partial charge in [0.05, 0.1) is 6.07 Å². The van der Waals surface area contributed by atoms with Crippen LogP contribution in [0.2, 0.25) is 0 Å². The van der Waals surface area contributed by atoms with Crippen LogP contribution in [0.15, 0.2) is 0 Å². The van der Waals surface area contributed by atoms with Crippen LogP contribution in [0.25, 0.3) is 0 Å². The van der Waals surface area contributed by atoms with Gasteiger partial charge < -0.3 is 5.32 Å². The van der Waals surface area contributed by atoms with E-state index in [1.807, 2.05) is 6.07 Å². The van der Waals surface area contributed by atoms with E-state index in [1.165, 1.54) is 13.8 Å². The maximum Gasteiger partial charge on any atom is 0.315 e. The van der Waals surface area contributed by atoms with Gasteiger partial charge in [-0.05, 0) is 13.8 Å². The number of anilines is 1. The van der Waals surface area contributed by atoms with E-state index in [9.17, 15) is 8.78 Å². The molecule has 0 saturated carbocycles. The molecule has 1 rings (SSSR count). The molecule has 5 nitrogen and oxygen atoms in total. The molecule has 0 aliphatic rings. The van der Waals surface area contributed by atoms with Crippen LogP contribution in [-0.4, -0.2) is 20.5 Å². The van der Waals surface area contributed by atoms with Crippen LogP contribution in [0.3, 0.4) is 0 Å². The van der Waals surface area contributed by atoms with Crippen molar-refractivity contribution in [1.82, 2.24) is 15.0 Å². The molecule has 0 saturated heterocycles. The Morgan fingerprint density at radius 3 is 2.14 bits per heavy atom. The van der Waals surface area contributed by atoms with Gasteiger partial charge in [-0.15, -0.1) is 0 Å². The summed E-state index contributed by atoms with van der Waals surface area (Å²) in [7, 11) is 0. The highest BCUT2D eigenvalue weighted by atomic mass is 19.1. The van der Waals surface area contributed by atoms with Gasteiger partial charge in [-0.1, -0.05) is 0 Å². The second kappa shape index (κ2) is 3.49. The van der Waals surface area contributed by atoms with Crippen LogP contribution < -0.4 is 5.32 Å². The number of hydrogen-bond donors (Lipinski definition) is 1. The van der Waals surface area contributed by atoms with Crippen molar-refractivity contribution in [2.45, 2.75) is 19.4 Å². The third-order valence-electron chi connectivity index (χ3n) is 1.28. The predicted molar refractivity (Wildman–Crippen MR) is 43.1 cm³/mol. The summed E-state index contributed by atoms with van der Waals surface area (Å²) >= 11 is 0. The first-order chi connectivity index (χ1) is 6.43. The van der Waals surface area contributed by atoms with Gasteiger partial charge in [0.2, 0.25) is 5.95 Å². The van der Waals surface area contributed by atoms with E-state index in [1.54, 1.807) is 0 Å². The van der Waals surface area contributed by atoms with Gasteiger partial charge in [0.15, 0.2) is 0 Å². The Labute approximate surface area is 78.8 Å². The molecular weight excluding hydrogens is 192 g/mol. The normalized spacial score (nSPS) is 10.8. The van der Waals surface area contributed by atoms with Crippen LogP contribution in [0.1, 0.15) is 13.8 Å². The fourth-order valence-electron chi connectivity index (χ4n) is 0.689. The average molecular weight is 199 g/mol. The molecule has 0 amide bonds. The van der Waals surface area contributed by atoms with E-state index in [-0.39, 0.29) is 5.95 Å².